The van der Waals surface area contributed by atoms with Gasteiger partial charge in [-0.1, -0.05) is 0 Å². The molecule has 0 spiro atoms. The summed E-state index contributed by atoms with van der Waals surface area (Å²) >= 11 is 13.2. The molecular formula is C13H12Cl2FN3O2S. The van der Waals surface area contributed by atoms with Gasteiger partial charge in [0.15, 0.2) is 0 Å². The first-order valence-electron chi connectivity index (χ1n) is 6.41. The Morgan fingerprint density at radius 2 is 2.32 bits per heavy atom. The number of pyridine rings is 1. The number of carbonyl (C=O) groups excluding carboxylic acids is 1. The van der Waals surface area contributed by atoms with Crippen molar-refractivity contribution in [1.29, 1.82) is 5.26 Å². The lowest BCUT2D eigenvalue weighted by Crippen LogP contribution is -2.27. The van der Waals surface area contributed by atoms with Crippen LogP contribution in [0.3, 0.4) is 0 Å². The Kier molecular flexibility index (Phi) is 5.73. The first-order chi connectivity index (χ1) is 10.5. The second-order valence-corrected chi connectivity index (χ2v) is 7.30. The zero-order valence-corrected chi connectivity index (χ0v) is 13.6. The molecule has 0 bridgehead atoms. The summed E-state index contributed by atoms with van der Waals surface area (Å²) < 4.78 is 13.2. The van der Waals surface area contributed by atoms with Gasteiger partial charge in [-0.2, -0.15) is 5.26 Å². The maximum Gasteiger partial charge on any atom is 0.268 e. The minimum atomic E-state index is -0.748. The number of nitrogens with one attached hydrogen (secondary N) is 1. The van der Waals surface area contributed by atoms with Gasteiger partial charge >= 0.3 is 0 Å². The van der Waals surface area contributed by atoms with Crippen LogP contribution in [0.15, 0.2) is 17.1 Å². The van der Waals surface area contributed by atoms with Crippen LogP contribution in [0.1, 0.15) is 12.0 Å². The standard InChI is InChI=1S/C13H12Cl2FN3O2S/c14-9-4-10(22-11(9)15)12(20)18-8-3-7(5-17)13(21)19(6-8)2-1-16/h3,6,9-11H,1-2,4H2,(H,18,20). The number of alkyl halides is 3. The van der Waals surface area contributed by atoms with Crippen LogP contribution in [-0.4, -0.2) is 32.5 Å². The number of halogens is 3. The average molecular weight is 364 g/mol. The van der Waals surface area contributed by atoms with Crippen molar-refractivity contribution in [2.24, 2.45) is 0 Å². The highest BCUT2D eigenvalue weighted by molar-refractivity contribution is 8.02. The van der Waals surface area contributed by atoms with Crippen molar-refractivity contribution < 1.29 is 9.18 Å². The molecule has 22 heavy (non-hydrogen) atoms. The first-order valence-corrected chi connectivity index (χ1v) is 8.23. The number of aromatic nitrogens is 1. The largest absolute Gasteiger partial charge is 0.324 e. The third-order valence-electron chi connectivity index (χ3n) is 3.11. The Bertz CT molecular complexity index is 666. The van der Waals surface area contributed by atoms with Gasteiger partial charge in [-0.15, -0.1) is 35.0 Å². The van der Waals surface area contributed by atoms with E-state index in [2.05, 4.69) is 5.32 Å². The van der Waals surface area contributed by atoms with Crippen molar-refractivity contribution in [3.05, 3.63) is 28.2 Å². The van der Waals surface area contributed by atoms with Crippen LogP contribution >= 0.6 is 35.0 Å². The van der Waals surface area contributed by atoms with Gasteiger partial charge < -0.3 is 9.88 Å². The van der Waals surface area contributed by atoms with Crippen LogP contribution in [0.4, 0.5) is 10.1 Å². The van der Waals surface area contributed by atoms with Gasteiger partial charge in [0.2, 0.25) is 5.91 Å². The van der Waals surface area contributed by atoms with Crippen molar-refractivity contribution in [2.75, 3.05) is 12.0 Å². The molecule has 3 unspecified atom stereocenters. The summed E-state index contributed by atoms with van der Waals surface area (Å²) in [6, 6.07) is 3.01. The van der Waals surface area contributed by atoms with Crippen LogP contribution in [0.2, 0.25) is 0 Å². The van der Waals surface area contributed by atoms with Gasteiger partial charge in [-0.25, -0.2) is 4.39 Å². The van der Waals surface area contributed by atoms with Crippen LogP contribution in [0.25, 0.3) is 0 Å². The quantitative estimate of drug-likeness (QED) is 0.832. The highest BCUT2D eigenvalue weighted by Gasteiger charge is 2.36. The third kappa shape index (κ3) is 3.75. The van der Waals surface area contributed by atoms with E-state index in [4.69, 9.17) is 28.5 Å². The summed E-state index contributed by atoms with van der Waals surface area (Å²) in [5, 5.41) is 10.9. The number of carbonyl (C=O) groups is 1. The van der Waals surface area contributed by atoms with Crippen molar-refractivity contribution in [3.63, 3.8) is 0 Å². The molecule has 2 heterocycles. The molecular weight excluding hydrogens is 352 g/mol. The van der Waals surface area contributed by atoms with Gasteiger partial charge in [-0.3, -0.25) is 9.59 Å². The molecule has 0 radical (unpaired) electrons. The number of aryl methyl sites for hydroxylation is 1. The van der Waals surface area contributed by atoms with Crippen LogP contribution in [-0.2, 0) is 11.3 Å². The SMILES string of the molecule is N#Cc1cc(NC(=O)C2CC(Cl)C(Cl)S2)cn(CCF)c1=O. The Hall–Kier alpha value is -1.23. The normalized spacial score (nSPS) is 24.0. The highest BCUT2D eigenvalue weighted by atomic mass is 35.5. The molecule has 1 fully saturated rings. The Labute approximate surface area is 140 Å². The minimum Gasteiger partial charge on any atom is -0.324 e. The number of nitrogens with zero attached hydrogens (tertiary/aromatic N) is 2. The fourth-order valence-corrected chi connectivity index (χ4v) is 4.08. The van der Waals surface area contributed by atoms with Gasteiger partial charge in [0.05, 0.1) is 27.6 Å². The van der Waals surface area contributed by atoms with Gasteiger partial charge in [-0.05, 0) is 12.5 Å². The lowest BCUT2D eigenvalue weighted by atomic mass is 10.2. The number of nitriles is 1. The molecule has 1 aliphatic rings. The van der Waals surface area contributed by atoms with E-state index in [9.17, 15) is 14.0 Å². The molecule has 5 nitrogen and oxygen atoms in total. The summed E-state index contributed by atoms with van der Waals surface area (Å²) in [6.07, 6.45) is 1.75. The Balaban J connectivity index is 2.19. The zero-order valence-electron chi connectivity index (χ0n) is 11.3. The van der Waals surface area contributed by atoms with Crippen molar-refractivity contribution >= 4 is 46.6 Å². The smallest absolute Gasteiger partial charge is 0.268 e. The predicted octanol–water partition coefficient (Wildman–Crippen LogP) is 2.31. The molecule has 0 saturated carbocycles. The number of amides is 1. The van der Waals surface area contributed by atoms with E-state index < -0.39 is 17.5 Å². The van der Waals surface area contributed by atoms with Crippen LogP contribution < -0.4 is 10.9 Å². The highest BCUT2D eigenvalue weighted by Crippen LogP contribution is 2.39. The van der Waals surface area contributed by atoms with Crippen molar-refractivity contribution in [3.8, 4) is 6.07 Å². The third-order valence-corrected chi connectivity index (χ3v) is 5.75. The van der Waals surface area contributed by atoms with E-state index >= 15 is 0 Å². The molecule has 1 saturated heterocycles. The van der Waals surface area contributed by atoms with Crippen molar-refractivity contribution in [1.82, 2.24) is 4.57 Å². The number of thioether (sulfide) groups is 1. The summed E-state index contributed by atoms with van der Waals surface area (Å²) in [5.74, 6) is -0.312. The number of hydrogen-bond donors (Lipinski definition) is 1. The molecule has 1 N–H and O–H groups in total. The molecule has 2 rings (SSSR count). The second kappa shape index (κ2) is 7.36. The first kappa shape index (κ1) is 17.1. The molecule has 0 aromatic carbocycles. The summed E-state index contributed by atoms with van der Waals surface area (Å²) in [5.41, 5.74) is -0.481. The van der Waals surface area contributed by atoms with E-state index in [0.29, 0.717) is 6.42 Å². The van der Waals surface area contributed by atoms with Gasteiger partial charge in [0.25, 0.3) is 5.56 Å². The molecule has 3 atom stereocenters. The maximum atomic E-state index is 12.5. The molecule has 9 heteroatoms. The topological polar surface area (TPSA) is 74.9 Å². The van der Waals surface area contributed by atoms with Crippen molar-refractivity contribution in [2.45, 2.75) is 28.3 Å². The lowest BCUT2D eigenvalue weighted by Gasteiger charge is -2.12. The fraction of sp³-hybridized carbons (Fsp3) is 0.462. The number of anilines is 1. The van der Waals surface area contributed by atoms with Gasteiger partial charge in [0.1, 0.15) is 18.3 Å². The van der Waals surface area contributed by atoms with E-state index in [1.807, 2.05) is 0 Å². The van der Waals surface area contributed by atoms with E-state index in [1.165, 1.54) is 24.0 Å². The van der Waals surface area contributed by atoms with Crippen LogP contribution in [0, 0.1) is 11.3 Å². The average Bonchev–Trinajstić information content (AvgIpc) is 2.82. The monoisotopic (exact) mass is 363 g/mol. The summed E-state index contributed by atoms with van der Waals surface area (Å²) in [6.45, 7) is -0.925. The Morgan fingerprint density at radius 1 is 1.59 bits per heavy atom. The molecule has 118 valence electrons. The molecule has 1 aromatic heterocycles. The molecule has 0 aliphatic carbocycles. The number of hydrogen-bond acceptors (Lipinski definition) is 4. The molecule has 1 aliphatic heterocycles. The molecule has 1 amide bonds. The number of rotatable bonds is 4. The van der Waals surface area contributed by atoms with Crippen LogP contribution in [0.5, 0.6) is 0 Å². The lowest BCUT2D eigenvalue weighted by molar-refractivity contribution is -0.115. The van der Waals surface area contributed by atoms with E-state index in [1.54, 1.807) is 6.07 Å². The van der Waals surface area contributed by atoms with E-state index in [-0.39, 0.29) is 33.8 Å². The second-order valence-electron chi connectivity index (χ2n) is 4.66. The summed E-state index contributed by atoms with van der Waals surface area (Å²) in [4.78, 5) is 24.0. The zero-order chi connectivity index (χ0) is 16.3. The van der Waals surface area contributed by atoms with Gasteiger partial charge in [0, 0.05) is 6.20 Å². The predicted molar refractivity (Wildman–Crippen MR) is 85.3 cm³/mol. The van der Waals surface area contributed by atoms with E-state index in [0.717, 1.165) is 4.57 Å². The maximum absolute atomic E-state index is 12.5. The fourth-order valence-electron chi connectivity index (χ4n) is 2.04. The minimum absolute atomic E-state index is 0.157. The summed E-state index contributed by atoms with van der Waals surface area (Å²) in [7, 11) is 0. The Morgan fingerprint density at radius 3 is 2.86 bits per heavy atom. The molecule has 1 aromatic rings.